The van der Waals surface area contributed by atoms with E-state index in [1.54, 1.807) is 42.5 Å². The molecule has 0 aromatic heterocycles. The van der Waals surface area contributed by atoms with E-state index in [9.17, 15) is 9.59 Å². The number of carbonyl (C=O) groups excluding carboxylic acids is 2. The fourth-order valence-electron chi connectivity index (χ4n) is 2.39. The fourth-order valence-corrected chi connectivity index (χ4v) is 2.39. The van der Waals surface area contributed by atoms with Gasteiger partial charge in [0, 0.05) is 23.9 Å². The summed E-state index contributed by atoms with van der Waals surface area (Å²) in [7, 11) is 0. The van der Waals surface area contributed by atoms with Gasteiger partial charge in [-0.25, -0.2) is 0 Å². The van der Waals surface area contributed by atoms with Crippen LogP contribution in [0.2, 0.25) is 0 Å². The smallest absolute Gasteiger partial charge is 0.255 e. The van der Waals surface area contributed by atoms with Crippen molar-refractivity contribution < 1.29 is 19.1 Å². The van der Waals surface area contributed by atoms with Crippen LogP contribution in [0.25, 0.3) is 0 Å². The summed E-state index contributed by atoms with van der Waals surface area (Å²) in [5.74, 6) is 0.761. The zero-order valence-electron chi connectivity index (χ0n) is 16.0. The highest BCUT2D eigenvalue weighted by atomic mass is 16.5. The van der Waals surface area contributed by atoms with Crippen LogP contribution in [-0.4, -0.2) is 25.0 Å². The molecule has 144 valence electrons. The number of nitrogens with one attached hydrogen (secondary N) is 2. The van der Waals surface area contributed by atoms with Gasteiger partial charge in [-0.15, -0.1) is 0 Å². The molecule has 0 heterocycles. The zero-order valence-corrected chi connectivity index (χ0v) is 16.0. The minimum atomic E-state index is -0.265. The number of hydrogen-bond donors (Lipinski definition) is 2. The highest BCUT2D eigenvalue weighted by Crippen LogP contribution is 2.29. The highest BCUT2D eigenvalue weighted by Gasteiger charge is 2.12. The van der Waals surface area contributed by atoms with Crippen molar-refractivity contribution in [2.75, 3.05) is 23.8 Å². The molecule has 0 aliphatic rings. The molecular weight excluding hydrogens is 344 g/mol. The minimum Gasteiger partial charge on any atom is -0.490 e. The van der Waals surface area contributed by atoms with Crippen LogP contribution in [0, 0.1) is 0 Å². The highest BCUT2D eigenvalue weighted by molar-refractivity contribution is 6.05. The van der Waals surface area contributed by atoms with Crippen molar-refractivity contribution in [3.05, 3.63) is 48.0 Å². The van der Waals surface area contributed by atoms with Crippen molar-refractivity contribution in [3.8, 4) is 11.5 Å². The first-order valence-electron chi connectivity index (χ1n) is 9.12. The molecule has 0 atom stereocenters. The number of amides is 2. The van der Waals surface area contributed by atoms with E-state index in [-0.39, 0.29) is 11.8 Å². The number of anilines is 2. The first kappa shape index (κ1) is 20.3. The van der Waals surface area contributed by atoms with E-state index in [0.29, 0.717) is 41.7 Å². The maximum absolute atomic E-state index is 12.6. The Morgan fingerprint density at radius 1 is 0.852 bits per heavy atom. The maximum Gasteiger partial charge on any atom is 0.255 e. The average molecular weight is 370 g/mol. The van der Waals surface area contributed by atoms with Gasteiger partial charge in [-0.3, -0.25) is 9.59 Å². The number of ether oxygens (including phenoxy) is 2. The molecule has 2 rings (SSSR count). The second kappa shape index (κ2) is 10.2. The number of carbonyl (C=O) groups is 2. The lowest BCUT2D eigenvalue weighted by Crippen LogP contribution is -2.13. The molecule has 0 spiro atoms. The lowest BCUT2D eigenvalue weighted by atomic mass is 10.1. The van der Waals surface area contributed by atoms with Crippen LogP contribution in [0.15, 0.2) is 42.5 Å². The average Bonchev–Trinajstić information content (AvgIpc) is 2.64. The quantitative estimate of drug-likeness (QED) is 0.682. The Bertz CT molecular complexity index is 790. The minimum absolute atomic E-state index is 0.168. The summed E-state index contributed by atoms with van der Waals surface area (Å²) in [5.41, 5.74) is 1.68. The van der Waals surface area contributed by atoms with Gasteiger partial charge in [-0.05, 0) is 49.2 Å². The van der Waals surface area contributed by atoms with Gasteiger partial charge in [0.2, 0.25) is 5.91 Å². The maximum atomic E-state index is 12.6. The molecule has 0 aliphatic carbocycles. The SMILES string of the molecule is CCCOc1ccc(C(=O)Nc2cccc(NC(C)=O)c2)cc1OCCC. The molecule has 0 radical (unpaired) electrons. The summed E-state index contributed by atoms with van der Waals surface area (Å²) in [6.07, 6.45) is 1.75. The first-order valence-corrected chi connectivity index (χ1v) is 9.12. The molecule has 0 fully saturated rings. The Balaban J connectivity index is 2.16. The molecular formula is C21H26N2O4. The summed E-state index contributed by atoms with van der Waals surface area (Å²) in [5, 5.41) is 5.52. The summed E-state index contributed by atoms with van der Waals surface area (Å²) in [4.78, 5) is 23.8. The summed E-state index contributed by atoms with van der Waals surface area (Å²) in [6, 6.07) is 12.1. The van der Waals surface area contributed by atoms with Gasteiger partial charge in [-0.2, -0.15) is 0 Å². The van der Waals surface area contributed by atoms with Crippen molar-refractivity contribution in [1.82, 2.24) is 0 Å². The summed E-state index contributed by atoms with van der Waals surface area (Å²) in [6.45, 7) is 6.62. The third-order valence-electron chi connectivity index (χ3n) is 3.57. The molecule has 27 heavy (non-hydrogen) atoms. The van der Waals surface area contributed by atoms with Gasteiger partial charge in [-0.1, -0.05) is 19.9 Å². The van der Waals surface area contributed by atoms with Gasteiger partial charge in [0.05, 0.1) is 13.2 Å². The van der Waals surface area contributed by atoms with E-state index in [0.717, 1.165) is 12.8 Å². The molecule has 0 saturated carbocycles. The van der Waals surface area contributed by atoms with Crippen molar-refractivity contribution in [1.29, 1.82) is 0 Å². The Hall–Kier alpha value is -3.02. The van der Waals surface area contributed by atoms with Crippen molar-refractivity contribution in [3.63, 3.8) is 0 Å². The Labute approximate surface area is 159 Å². The van der Waals surface area contributed by atoms with E-state index in [2.05, 4.69) is 10.6 Å². The lowest BCUT2D eigenvalue weighted by molar-refractivity contribution is -0.114. The first-order chi connectivity index (χ1) is 13.0. The van der Waals surface area contributed by atoms with Crippen molar-refractivity contribution >= 4 is 23.2 Å². The van der Waals surface area contributed by atoms with Crippen LogP contribution in [0.3, 0.4) is 0 Å². The van der Waals surface area contributed by atoms with Gasteiger partial charge < -0.3 is 20.1 Å². The van der Waals surface area contributed by atoms with Gasteiger partial charge in [0.1, 0.15) is 0 Å². The molecule has 0 unspecified atom stereocenters. The van der Waals surface area contributed by atoms with Gasteiger partial charge in [0.15, 0.2) is 11.5 Å². The molecule has 6 nitrogen and oxygen atoms in total. The Morgan fingerprint density at radius 2 is 1.48 bits per heavy atom. The van der Waals surface area contributed by atoms with Gasteiger partial charge >= 0.3 is 0 Å². The van der Waals surface area contributed by atoms with Gasteiger partial charge in [0.25, 0.3) is 5.91 Å². The standard InChI is InChI=1S/C21H26N2O4/c1-4-11-26-19-10-9-16(13-20(19)27-12-5-2)21(25)23-18-8-6-7-17(14-18)22-15(3)24/h6-10,13-14H,4-5,11-12H2,1-3H3,(H,22,24)(H,23,25). The molecule has 2 N–H and O–H groups in total. The Kier molecular flexibility index (Phi) is 7.67. The van der Waals surface area contributed by atoms with Crippen LogP contribution >= 0.6 is 0 Å². The summed E-state index contributed by atoms with van der Waals surface area (Å²) < 4.78 is 11.4. The number of rotatable bonds is 9. The summed E-state index contributed by atoms with van der Waals surface area (Å²) >= 11 is 0. The topological polar surface area (TPSA) is 76.7 Å². The number of hydrogen-bond acceptors (Lipinski definition) is 4. The van der Waals surface area contributed by atoms with Crippen LogP contribution in [-0.2, 0) is 4.79 Å². The molecule has 2 aromatic rings. The van der Waals surface area contributed by atoms with Crippen LogP contribution in [0.4, 0.5) is 11.4 Å². The van der Waals surface area contributed by atoms with Crippen LogP contribution in [0.1, 0.15) is 44.0 Å². The van der Waals surface area contributed by atoms with E-state index in [1.165, 1.54) is 6.92 Å². The molecule has 2 aromatic carbocycles. The van der Waals surface area contributed by atoms with Crippen molar-refractivity contribution in [2.24, 2.45) is 0 Å². The molecule has 6 heteroatoms. The second-order valence-electron chi connectivity index (χ2n) is 6.07. The molecule has 0 bridgehead atoms. The molecule has 0 aliphatic heterocycles. The molecule has 2 amide bonds. The fraction of sp³-hybridized carbons (Fsp3) is 0.333. The zero-order chi connectivity index (χ0) is 19.6. The van der Waals surface area contributed by atoms with Crippen LogP contribution in [0.5, 0.6) is 11.5 Å². The van der Waals surface area contributed by atoms with Crippen LogP contribution < -0.4 is 20.1 Å². The van der Waals surface area contributed by atoms with E-state index in [1.807, 2.05) is 13.8 Å². The predicted molar refractivity (Wildman–Crippen MR) is 107 cm³/mol. The normalized spacial score (nSPS) is 10.2. The molecule has 0 saturated heterocycles. The van der Waals surface area contributed by atoms with Crippen molar-refractivity contribution in [2.45, 2.75) is 33.6 Å². The van der Waals surface area contributed by atoms with E-state index in [4.69, 9.17) is 9.47 Å². The second-order valence-corrected chi connectivity index (χ2v) is 6.07. The monoisotopic (exact) mass is 370 g/mol. The van der Waals surface area contributed by atoms with E-state index < -0.39 is 0 Å². The lowest BCUT2D eigenvalue weighted by Gasteiger charge is -2.14. The third-order valence-corrected chi connectivity index (χ3v) is 3.57. The van der Waals surface area contributed by atoms with E-state index >= 15 is 0 Å². The predicted octanol–water partition coefficient (Wildman–Crippen LogP) is 4.47. The largest absolute Gasteiger partial charge is 0.490 e. The number of benzene rings is 2. The Morgan fingerprint density at radius 3 is 2.11 bits per heavy atom. The third kappa shape index (κ3) is 6.33.